The number of halogens is 2. The summed E-state index contributed by atoms with van der Waals surface area (Å²) < 4.78 is 14.4. The third kappa shape index (κ3) is 3.29. The van der Waals surface area contributed by atoms with Gasteiger partial charge in [0.1, 0.15) is 11.9 Å². The summed E-state index contributed by atoms with van der Waals surface area (Å²) in [6.45, 7) is 1.72. The SMILES string of the molecule is CC1=C(C(=O)Nc2cc3cn[nH]c3cc2F)C(c2ccc(Cl)cc2)N=C(N)N1. The Morgan fingerprint density at radius 1 is 1.29 bits per heavy atom. The van der Waals surface area contributed by atoms with Crippen molar-refractivity contribution in [2.75, 3.05) is 5.32 Å². The van der Waals surface area contributed by atoms with Gasteiger partial charge in [-0.15, -0.1) is 0 Å². The number of hydrogen-bond donors (Lipinski definition) is 4. The maximum atomic E-state index is 14.4. The van der Waals surface area contributed by atoms with Crippen molar-refractivity contribution < 1.29 is 9.18 Å². The molecule has 1 atom stereocenters. The van der Waals surface area contributed by atoms with Crippen molar-refractivity contribution in [3.05, 3.63) is 70.3 Å². The van der Waals surface area contributed by atoms with Gasteiger partial charge in [-0.05, 0) is 30.7 Å². The molecule has 9 heteroatoms. The molecule has 2 heterocycles. The molecular formula is C19H16ClFN6O. The summed E-state index contributed by atoms with van der Waals surface area (Å²) in [6, 6.07) is 9.13. The fourth-order valence-corrected chi connectivity index (χ4v) is 3.26. The van der Waals surface area contributed by atoms with Crippen molar-refractivity contribution in [2.45, 2.75) is 13.0 Å². The number of nitrogens with one attached hydrogen (secondary N) is 3. The van der Waals surface area contributed by atoms with E-state index in [-0.39, 0.29) is 11.6 Å². The molecule has 0 saturated carbocycles. The first-order valence-electron chi connectivity index (χ1n) is 8.43. The molecule has 0 spiro atoms. The zero-order valence-electron chi connectivity index (χ0n) is 14.8. The number of carbonyl (C=O) groups is 1. The van der Waals surface area contributed by atoms with Gasteiger partial charge in [0.25, 0.3) is 5.91 Å². The molecule has 3 aromatic rings. The molecule has 1 aliphatic heterocycles. The lowest BCUT2D eigenvalue weighted by Gasteiger charge is -2.25. The van der Waals surface area contributed by atoms with Crippen LogP contribution in [-0.2, 0) is 4.79 Å². The number of aliphatic imine (C=N–C) groups is 1. The summed E-state index contributed by atoms with van der Waals surface area (Å²) in [7, 11) is 0. The van der Waals surface area contributed by atoms with E-state index in [1.165, 1.54) is 12.1 Å². The van der Waals surface area contributed by atoms with Gasteiger partial charge in [-0.2, -0.15) is 5.10 Å². The molecular weight excluding hydrogens is 383 g/mol. The minimum atomic E-state index is -0.640. The fourth-order valence-electron chi connectivity index (χ4n) is 3.13. The maximum Gasteiger partial charge on any atom is 0.255 e. The van der Waals surface area contributed by atoms with E-state index in [2.05, 4.69) is 25.8 Å². The Balaban J connectivity index is 1.69. The van der Waals surface area contributed by atoms with E-state index in [0.717, 1.165) is 5.56 Å². The van der Waals surface area contributed by atoms with E-state index in [1.54, 1.807) is 37.4 Å². The standard InChI is InChI=1S/C19H16ClFN6O/c1-9-16(17(26-19(22)24-9)10-2-4-12(20)5-3-10)18(28)25-15-6-11-8-23-27-14(11)7-13(15)21/h2-8,17H,1H3,(H,23,27)(H,25,28)(H3,22,24,26). The topological polar surface area (TPSA) is 108 Å². The smallest absolute Gasteiger partial charge is 0.255 e. The third-order valence-electron chi connectivity index (χ3n) is 4.47. The van der Waals surface area contributed by atoms with E-state index in [4.69, 9.17) is 17.3 Å². The Kier molecular flexibility index (Phi) is 4.48. The largest absolute Gasteiger partial charge is 0.370 e. The first-order chi connectivity index (χ1) is 13.4. The lowest BCUT2D eigenvalue weighted by Crippen LogP contribution is -2.38. The highest BCUT2D eigenvalue weighted by Crippen LogP contribution is 2.32. The summed E-state index contributed by atoms with van der Waals surface area (Å²) in [5, 5.41) is 13.3. The van der Waals surface area contributed by atoms with E-state index in [1.807, 2.05) is 0 Å². The lowest BCUT2D eigenvalue weighted by molar-refractivity contribution is -0.113. The highest BCUT2D eigenvalue weighted by Gasteiger charge is 2.29. The Hall–Kier alpha value is -3.39. The van der Waals surface area contributed by atoms with Gasteiger partial charge >= 0.3 is 0 Å². The van der Waals surface area contributed by atoms with Gasteiger partial charge in [-0.3, -0.25) is 9.89 Å². The summed E-state index contributed by atoms with van der Waals surface area (Å²) in [5.74, 6) is -0.860. The number of H-pyrrole nitrogens is 1. The van der Waals surface area contributed by atoms with Crippen molar-refractivity contribution in [1.29, 1.82) is 0 Å². The lowest BCUT2D eigenvalue weighted by atomic mass is 9.95. The van der Waals surface area contributed by atoms with Gasteiger partial charge in [0.2, 0.25) is 0 Å². The molecule has 7 nitrogen and oxygen atoms in total. The second-order valence-electron chi connectivity index (χ2n) is 6.38. The van der Waals surface area contributed by atoms with Gasteiger partial charge in [-0.25, -0.2) is 9.38 Å². The number of nitrogens with two attached hydrogens (primary N) is 1. The van der Waals surface area contributed by atoms with Gasteiger partial charge < -0.3 is 16.4 Å². The average molecular weight is 399 g/mol. The van der Waals surface area contributed by atoms with Crippen LogP contribution in [0.1, 0.15) is 18.5 Å². The summed E-state index contributed by atoms with van der Waals surface area (Å²) in [5.41, 5.74) is 8.06. The number of allylic oxidation sites excluding steroid dienone is 1. The molecule has 1 aromatic heterocycles. The monoisotopic (exact) mass is 398 g/mol. The van der Waals surface area contributed by atoms with Crippen molar-refractivity contribution in [2.24, 2.45) is 10.7 Å². The molecule has 1 unspecified atom stereocenters. The van der Waals surface area contributed by atoms with Crippen LogP contribution >= 0.6 is 11.6 Å². The normalized spacial score (nSPS) is 16.7. The molecule has 0 saturated heterocycles. The second kappa shape index (κ2) is 6.97. The van der Waals surface area contributed by atoms with Crippen molar-refractivity contribution in [3.63, 3.8) is 0 Å². The van der Waals surface area contributed by atoms with Crippen LogP contribution in [0.4, 0.5) is 10.1 Å². The molecule has 1 amide bonds. The number of hydrogen-bond acceptors (Lipinski definition) is 5. The van der Waals surface area contributed by atoms with Gasteiger partial charge in [0, 0.05) is 22.2 Å². The van der Waals surface area contributed by atoms with Gasteiger partial charge in [0.05, 0.1) is 23.0 Å². The number of amides is 1. The number of guanidine groups is 1. The van der Waals surface area contributed by atoms with E-state index in [9.17, 15) is 9.18 Å². The first kappa shape index (κ1) is 18.0. The number of aromatic amines is 1. The Bertz CT molecular complexity index is 1140. The van der Waals surface area contributed by atoms with Crippen LogP contribution in [0.3, 0.4) is 0 Å². The first-order valence-corrected chi connectivity index (χ1v) is 8.80. The number of carbonyl (C=O) groups excluding carboxylic acids is 1. The highest BCUT2D eigenvalue weighted by molar-refractivity contribution is 6.30. The Labute approximate surface area is 164 Å². The molecule has 142 valence electrons. The van der Waals surface area contributed by atoms with Crippen LogP contribution in [0.15, 0.2) is 58.9 Å². The van der Waals surface area contributed by atoms with Crippen LogP contribution in [-0.4, -0.2) is 22.1 Å². The van der Waals surface area contributed by atoms with Crippen molar-refractivity contribution >= 4 is 40.1 Å². The average Bonchev–Trinajstić information content (AvgIpc) is 3.09. The predicted molar refractivity (Wildman–Crippen MR) is 106 cm³/mol. The number of nitrogens with zero attached hydrogens (tertiary/aromatic N) is 2. The summed E-state index contributed by atoms with van der Waals surface area (Å²) >= 11 is 5.96. The number of aromatic nitrogens is 2. The highest BCUT2D eigenvalue weighted by atomic mass is 35.5. The van der Waals surface area contributed by atoms with Crippen LogP contribution in [0.5, 0.6) is 0 Å². The van der Waals surface area contributed by atoms with Gasteiger partial charge in [0.15, 0.2) is 5.96 Å². The molecule has 2 aromatic carbocycles. The predicted octanol–water partition coefficient (Wildman–Crippen LogP) is 3.23. The van der Waals surface area contributed by atoms with Crippen molar-refractivity contribution in [3.8, 4) is 0 Å². The zero-order valence-corrected chi connectivity index (χ0v) is 15.5. The Morgan fingerprint density at radius 3 is 2.79 bits per heavy atom. The molecule has 28 heavy (non-hydrogen) atoms. The number of benzene rings is 2. The van der Waals surface area contributed by atoms with Crippen LogP contribution in [0.2, 0.25) is 5.02 Å². The number of rotatable bonds is 3. The quantitative estimate of drug-likeness (QED) is 0.543. The molecule has 0 fully saturated rings. The molecule has 0 radical (unpaired) electrons. The van der Waals surface area contributed by atoms with E-state index in [0.29, 0.717) is 27.2 Å². The molecule has 5 N–H and O–H groups in total. The molecule has 0 bridgehead atoms. The second-order valence-corrected chi connectivity index (χ2v) is 6.81. The third-order valence-corrected chi connectivity index (χ3v) is 4.72. The van der Waals surface area contributed by atoms with Gasteiger partial charge in [-0.1, -0.05) is 23.7 Å². The minimum absolute atomic E-state index is 0.0524. The maximum absolute atomic E-state index is 14.4. The number of fused-ring (bicyclic) bond motifs is 1. The molecule has 4 rings (SSSR count). The fraction of sp³-hybridized carbons (Fsp3) is 0.105. The van der Waals surface area contributed by atoms with Crippen LogP contribution in [0, 0.1) is 5.82 Å². The summed E-state index contributed by atoms with van der Waals surface area (Å²) in [4.78, 5) is 17.4. The summed E-state index contributed by atoms with van der Waals surface area (Å²) in [6.07, 6.45) is 1.55. The molecule has 1 aliphatic rings. The van der Waals surface area contributed by atoms with E-state index >= 15 is 0 Å². The molecule has 0 aliphatic carbocycles. The van der Waals surface area contributed by atoms with Crippen molar-refractivity contribution in [1.82, 2.24) is 15.5 Å². The van der Waals surface area contributed by atoms with Crippen LogP contribution < -0.4 is 16.4 Å². The number of anilines is 1. The zero-order chi connectivity index (χ0) is 19.8. The minimum Gasteiger partial charge on any atom is -0.370 e. The Morgan fingerprint density at radius 2 is 2.04 bits per heavy atom. The van der Waals surface area contributed by atoms with E-state index < -0.39 is 17.8 Å². The van der Waals surface area contributed by atoms with Crippen LogP contribution in [0.25, 0.3) is 10.9 Å².